The van der Waals surface area contributed by atoms with E-state index in [0.717, 1.165) is 9.50 Å². The van der Waals surface area contributed by atoms with Crippen LogP contribution in [0.25, 0.3) is 51.5 Å². The van der Waals surface area contributed by atoms with E-state index in [4.69, 9.17) is 11.6 Å². The number of benzene rings is 4. The van der Waals surface area contributed by atoms with Gasteiger partial charge in [-0.05, 0) is 35.9 Å². The zero-order valence-corrected chi connectivity index (χ0v) is 18.5. The van der Waals surface area contributed by atoms with E-state index in [1.807, 2.05) is 22.7 Å². The molecule has 4 aromatic carbocycles. The van der Waals surface area contributed by atoms with Gasteiger partial charge in [0.15, 0.2) is 0 Å². The van der Waals surface area contributed by atoms with Gasteiger partial charge in [0.05, 0.1) is 0 Å². The van der Waals surface area contributed by atoms with Crippen LogP contribution in [-0.4, -0.2) is 0 Å². The van der Waals surface area contributed by atoms with Crippen molar-refractivity contribution in [2.24, 2.45) is 0 Å². The van der Waals surface area contributed by atoms with Crippen LogP contribution in [0.15, 0.2) is 77.3 Å². The average molecular weight is 480 g/mol. The van der Waals surface area contributed by atoms with Crippen LogP contribution in [-0.2, 0) is 0 Å². The minimum atomic E-state index is 0.787. The van der Waals surface area contributed by atoms with Crippen LogP contribution in [0.1, 0.15) is 0 Å². The molecular formula is C24H12BrClS2. The van der Waals surface area contributed by atoms with Crippen molar-refractivity contribution < 1.29 is 0 Å². The predicted octanol–water partition coefficient (Wildman–Crippen LogP) is 9.51. The Morgan fingerprint density at radius 1 is 0.643 bits per heavy atom. The second-order valence-corrected chi connectivity index (χ2v) is 10.3. The Morgan fingerprint density at radius 3 is 2.43 bits per heavy atom. The Kier molecular flexibility index (Phi) is 3.82. The number of fused-ring (bicyclic) bond motifs is 6. The lowest BCUT2D eigenvalue weighted by atomic mass is 9.98. The molecule has 2 heterocycles. The first-order valence-electron chi connectivity index (χ1n) is 8.91. The molecule has 0 fully saturated rings. The van der Waals surface area contributed by atoms with Crippen molar-refractivity contribution in [2.75, 3.05) is 0 Å². The molecule has 0 aliphatic carbocycles. The van der Waals surface area contributed by atoms with Gasteiger partial charge in [-0.25, -0.2) is 0 Å². The van der Waals surface area contributed by atoms with Gasteiger partial charge >= 0.3 is 0 Å². The van der Waals surface area contributed by atoms with Gasteiger partial charge in [0.25, 0.3) is 0 Å². The summed E-state index contributed by atoms with van der Waals surface area (Å²) >= 11 is 13.8. The first-order valence-corrected chi connectivity index (χ1v) is 11.7. The molecule has 0 atom stereocenters. The van der Waals surface area contributed by atoms with E-state index in [1.165, 1.54) is 51.5 Å². The van der Waals surface area contributed by atoms with Crippen LogP contribution >= 0.6 is 50.2 Å². The summed E-state index contributed by atoms with van der Waals surface area (Å²) in [4.78, 5) is 0. The molecule has 0 N–H and O–H groups in total. The summed E-state index contributed by atoms with van der Waals surface area (Å²) in [7, 11) is 0. The smallest absolute Gasteiger partial charge is 0.0434 e. The third-order valence-corrected chi connectivity index (χ3v) is 8.23. The highest BCUT2D eigenvalue weighted by Gasteiger charge is 2.16. The molecule has 6 aromatic rings. The van der Waals surface area contributed by atoms with Gasteiger partial charge in [-0.3, -0.25) is 0 Å². The van der Waals surface area contributed by atoms with E-state index >= 15 is 0 Å². The predicted molar refractivity (Wildman–Crippen MR) is 130 cm³/mol. The molecule has 0 saturated carbocycles. The molecule has 0 nitrogen and oxygen atoms in total. The maximum Gasteiger partial charge on any atom is 0.0434 e. The summed E-state index contributed by atoms with van der Waals surface area (Å²) in [6, 6.07) is 26.0. The number of hydrogen-bond acceptors (Lipinski definition) is 2. The lowest BCUT2D eigenvalue weighted by molar-refractivity contribution is 1.75. The van der Waals surface area contributed by atoms with Gasteiger partial charge in [0, 0.05) is 55.4 Å². The van der Waals surface area contributed by atoms with E-state index in [0.29, 0.717) is 0 Å². The minimum Gasteiger partial charge on any atom is -0.135 e. The van der Waals surface area contributed by atoms with Crippen molar-refractivity contribution in [1.29, 1.82) is 0 Å². The Hall–Kier alpha value is -1.91. The first-order chi connectivity index (χ1) is 13.7. The molecule has 6 rings (SSSR count). The fourth-order valence-electron chi connectivity index (χ4n) is 4.02. The van der Waals surface area contributed by atoms with E-state index < -0.39 is 0 Å². The highest BCUT2D eigenvalue weighted by atomic mass is 79.9. The highest BCUT2D eigenvalue weighted by molar-refractivity contribution is 9.10. The quantitative estimate of drug-likeness (QED) is 0.220. The van der Waals surface area contributed by atoms with E-state index in [9.17, 15) is 0 Å². The number of rotatable bonds is 1. The van der Waals surface area contributed by atoms with Crippen LogP contribution < -0.4 is 0 Å². The summed E-state index contributed by atoms with van der Waals surface area (Å²) < 4.78 is 6.26. The third-order valence-electron chi connectivity index (χ3n) is 5.19. The highest BCUT2D eigenvalue weighted by Crippen LogP contribution is 2.46. The van der Waals surface area contributed by atoms with E-state index in [1.54, 1.807) is 0 Å². The van der Waals surface area contributed by atoms with Gasteiger partial charge in [-0.1, -0.05) is 70.0 Å². The molecule has 2 aromatic heterocycles. The maximum absolute atomic E-state index is 6.56. The molecule has 0 unspecified atom stereocenters. The van der Waals surface area contributed by atoms with Crippen molar-refractivity contribution in [3.8, 4) is 11.1 Å². The topological polar surface area (TPSA) is 0 Å². The van der Waals surface area contributed by atoms with Crippen molar-refractivity contribution in [1.82, 2.24) is 0 Å². The number of halogens is 2. The molecule has 0 bridgehead atoms. The van der Waals surface area contributed by atoms with Gasteiger partial charge in [0.2, 0.25) is 0 Å². The Morgan fingerprint density at radius 2 is 1.50 bits per heavy atom. The van der Waals surface area contributed by atoms with Crippen LogP contribution in [0.3, 0.4) is 0 Å². The molecule has 0 amide bonds. The monoisotopic (exact) mass is 478 g/mol. The van der Waals surface area contributed by atoms with E-state index in [-0.39, 0.29) is 0 Å². The van der Waals surface area contributed by atoms with Gasteiger partial charge in [-0.2, -0.15) is 0 Å². The van der Waals surface area contributed by atoms with Crippen LogP contribution in [0.5, 0.6) is 0 Å². The summed E-state index contributed by atoms with van der Waals surface area (Å²) in [6.07, 6.45) is 0. The molecule has 0 radical (unpaired) electrons. The summed E-state index contributed by atoms with van der Waals surface area (Å²) in [5, 5.41) is 6.00. The Labute approximate surface area is 183 Å². The van der Waals surface area contributed by atoms with Crippen molar-refractivity contribution in [3.05, 3.63) is 82.3 Å². The SMILES string of the molecule is Clc1cc(-c2cccc3c2sc2cc(Br)ccc23)c2c(c1)sc1ccccc12. The van der Waals surface area contributed by atoms with Crippen LogP contribution in [0, 0.1) is 0 Å². The van der Waals surface area contributed by atoms with E-state index in [2.05, 4.69) is 88.7 Å². The number of hydrogen-bond donors (Lipinski definition) is 0. The Balaban J connectivity index is 1.79. The largest absolute Gasteiger partial charge is 0.135 e. The van der Waals surface area contributed by atoms with Gasteiger partial charge in [0.1, 0.15) is 0 Å². The van der Waals surface area contributed by atoms with Crippen molar-refractivity contribution in [2.45, 2.75) is 0 Å². The standard InChI is InChI=1S/C24H12BrClS2/c25-13-8-9-15-16-5-3-6-17(24(16)28-21(15)10-13)19-11-14(26)12-22-23(19)18-4-1-2-7-20(18)27-22/h1-12H. The van der Waals surface area contributed by atoms with Gasteiger partial charge < -0.3 is 0 Å². The van der Waals surface area contributed by atoms with Crippen LogP contribution in [0.2, 0.25) is 5.02 Å². The molecule has 4 heteroatoms. The average Bonchev–Trinajstić information content (AvgIpc) is 3.24. The normalized spacial score (nSPS) is 11.9. The second kappa shape index (κ2) is 6.30. The molecule has 0 aliphatic rings. The fourth-order valence-corrected chi connectivity index (χ4v) is 7.25. The molecule has 28 heavy (non-hydrogen) atoms. The van der Waals surface area contributed by atoms with Gasteiger partial charge in [-0.15, -0.1) is 22.7 Å². The van der Waals surface area contributed by atoms with Crippen molar-refractivity contribution in [3.63, 3.8) is 0 Å². The molecule has 0 saturated heterocycles. The summed E-state index contributed by atoms with van der Waals surface area (Å²) in [5.74, 6) is 0. The second-order valence-electron chi connectivity index (χ2n) is 6.85. The number of thiophene rings is 2. The molecular weight excluding hydrogens is 468 g/mol. The summed E-state index contributed by atoms with van der Waals surface area (Å²) in [6.45, 7) is 0. The lowest BCUT2D eigenvalue weighted by Gasteiger charge is -2.08. The fraction of sp³-hybridized carbons (Fsp3) is 0. The molecule has 134 valence electrons. The molecule has 0 spiro atoms. The third kappa shape index (κ3) is 2.47. The minimum absolute atomic E-state index is 0.787. The molecule has 0 aliphatic heterocycles. The first kappa shape index (κ1) is 17.0. The zero-order valence-electron chi connectivity index (χ0n) is 14.5. The van der Waals surface area contributed by atoms with Crippen molar-refractivity contribution >= 4 is 90.5 Å². The van der Waals surface area contributed by atoms with Crippen LogP contribution in [0.4, 0.5) is 0 Å². The maximum atomic E-state index is 6.56. The zero-order chi connectivity index (χ0) is 18.8. The Bertz CT molecular complexity index is 1540. The lowest BCUT2D eigenvalue weighted by Crippen LogP contribution is -1.81. The summed E-state index contributed by atoms with van der Waals surface area (Å²) in [5.41, 5.74) is 2.47.